The predicted molar refractivity (Wildman–Crippen MR) is 130 cm³/mol. The Morgan fingerprint density at radius 1 is 1.09 bits per heavy atom. The summed E-state index contributed by atoms with van der Waals surface area (Å²) in [6, 6.07) is 16.0. The molecule has 4 aromatic rings. The molecule has 0 unspecified atom stereocenters. The van der Waals surface area contributed by atoms with Gasteiger partial charge in [0.25, 0.3) is 5.91 Å². The lowest BCUT2D eigenvalue weighted by Gasteiger charge is -2.32. The topological polar surface area (TPSA) is 67.5 Å². The van der Waals surface area contributed by atoms with Crippen LogP contribution in [0, 0.1) is 5.41 Å². The summed E-state index contributed by atoms with van der Waals surface area (Å²) in [7, 11) is 1.83. The summed E-state index contributed by atoms with van der Waals surface area (Å²) in [5.41, 5.74) is 3.23. The molecule has 0 spiro atoms. The molecule has 0 aliphatic rings. The Balaban J connectivity index is 1.60. The van der Waals surface area contributed by atoms with Gasteiger partial charge in [0.1, 0.15) is 5.65 Å². The fourth-order valence-electron chi connectivity index (χ4n) is 3.97. The minimum absolute atomic E-state index is 0.0129. The van der Waals surface area contributed by atoms with Gasteiger partial charge in [0.2, 0.25) is 0 Å². The zero-order valence-electron chi connectivity index (χ0n) is 19.8. The van der Waals surface area contributed by atoms with Crippen molar-refractivity contribution >= 4 is 11.6 Å². The second kappa shape index (κ2) is 9.58. The fourth-order valence-corrected chi connectivity index (χ4v) is 3.97. The number of aromatic nitrogens is 4. The van der Waals surface area contributed by atoms with Crippen LogP contribution < -0.4 is 5.32 Å². The van der Waals surface area contributed by atoms with Crippen LogP contribution >= 0.6 is 0 Å². The lowest BCUT2D eigenvalue weighted by atomic mass is 9.86. The van der Waals surface area contributed by atoms with Gasteiger partial charge in [0, 0.05) is 51.3 Å². The van der Waals surface area contributed by atoms with E-state index in [0.717, 1.165) is 23.4 Å². The summed E-state index contributed by atoms with van der Waals surface area (Å²) in [5, 5.41) is 3.70. The molecule has 0 bridgehead atoms. The van der Waals surface area contributed by atoms with Crippen LogP contribution in [0.3, 0.4) is 0 Å². The third kappa shape index (κ3) is 5.31. The number of fused-ring (bicyclic) bond motifs is 1. The van der Waals surface area contributed by atoms with Crippen LogP contribution in [0.5, 0.6) is 0 Å². The number of hydrogen-bond acceptors (Lipinski definition) is 4. The number of carbonyl (C=O) groups is 1. The van der Waals surface area contributed by atoms with Gasteiger partial charge in [-0.1, -0.05) is 57.2 Å². The molecule has 33 heavy (non-hydrogen) atoms. The smallest absolute Gasteiger partial charge is 0.274 e. The van der Waals surface area contributed by atoms with Gasteiger partial charge in [-0.3, -0.25) is 4.79 Å². The number of nitrogens with one attached hydrogen (secondary N) is 1. The molecule has 1 amide bonds. The summed E-state index contributed by atoms with van der Waals surface area (Å²) >= 11 is 0. The highest BCUT2D eigenvalue weighted by molar-refractivity contribution is 5.94. The molecular weight excluding hydrogens is 412 g/mol. The first-order chi connectivity index (χ1) is 15.8. The summed E-state index contributed by atoms with van der Waals surface area (Å²) in [6.07, 6.45) is 7.57. The maximum atomic E-state index is 13.4. The minimum atomic E-state index is -0.0822. The summed E-state index contributed by atoms with van der Waals surface area (Å²) in [5.74, 6) is -0.0822. The lowest BCUT2D eigenvalue weighted by molar-refractivity contribution is 0.0778. The molecule has 4 rings (SSSR count). The molecule has 0 fully saturated rings. The van der Waals surface area contributed by atoms with Crippen molar-refractivity contribution in [1.82, 2.24) is 29.2 Å². The third-order valence-corrected chi connectivity index (χ3v) is 5.95. The maximum absolute atomic E-state index is 13.4. The minimum Gasteiger partial charge on any atom is -0.336 e. The van der Waals surface area contributed by atoms with E-state index in [1.54, 1.807) is 11.1 Å². The Kier molecular flexibility index (Phi) is 6.60. The van der Waals surface area contributed by atoms with Crippen LogP contribution in [-0.2, 0) is 19.6 Å². The number of amides is 1. The number of carbonyl (C=O) groups excluding carboxylic acids is 1. The van der Waals surface area contributed by atoms with E-state index >= 15 is 0 Å². The Labute approximate surface area is 195 Å². The Hall–Kier alpha value is -3.45. The fraction of sp³-hybridized carbons (Fsp3) is 0.346. The van der Waals surface area contributed by atoms with Gasteiger partial charge in [0.05, 0.1) is 12.0 Å². The van der Waals surface area contributed by atoms with E-state index in [1.807, 2.05) is 78.7 Å². The number of nitrogens with zero attached hydrogens (tertiary/aromatic N) is 5. The predicted octanol–water partition coefficient (Wildman–Crippen LogP) is 4.01. The van der Waals surface area contributed by atoms with Crippen LogP contribution in [-0.4, -0.2) is 42.8 Å². The van der Waals surface area contributed by atoms with E-state index in [2.05, 4.69) is 35.6 Å². The second-order valence-corrected chi connectivity index (χ2v) is 9.54. The van der Waals surface area contributed by atoms with Gasteiger partial charge < -0.3 is 19.2 Å². The van der Waals surface area contributed by atoms with Gasteiger partial charge in [-0.25, -0.2) is 9.97 Å². The van der Waals surface area contributed by atoms with E-state index in [1.165, 1.54) is 0 Å². The van der Waals surface area contributed by atoms with Crippen molar-refractivity contribution in [3.05, 3.63) is 90.4 Å². The lowest BCUT2D eigenvalue weighted by Crippen LogP contribution is -2.43. The van der Waals surface area contributed by atoms with Crippen LogP contribution in [0.4, 0.5) is 0 Å². The van der Waals surface area contributed by atoms with E-state index in [9.17, 15) is 4.79 Å². The largest absolute Gasteiger partial charge is 0.336 e. The first kappa shape index (κ1) is 22.7. The van der Waals surface area contributed by atoms with Crippen molar-refractivity contribution in [2.24, 2.45) is 5.41 Å². The van der Waals surface area contributed by atoms with Gasteiger partial charge in [-0.15, -0.1) is 0 Å². The highest BCUT2D eigenvalue weighted by Crippen LogP contribution is 2.22. The molecule has 7 heteroatoms. The van der Waals surface area contributed by atoms with Crippen molar-refractivity contribution in [2.45, 2.75) is 46.4 Å². The Morgan fingerprint density at radius 2 is 1.85 bits per heavy atom. The van der Waals surface area contributed by atoms with Crippen LogP contribution in [0.15, 0.2) is 73.4 Å². The standard InChI is InChI=1S/C26H32N6O/c1-26(2,3)22(18-31-15-13-27-19-31)28-16-21-24(29-23-12-8-9-14-32(21)23)25(33)30(4)17-20-10-6-5-7-11-20/h5-15,19,22,28H,16-18H2,1-4H3/t22-/m0/s1. The quantitative estimate of drug-likeness (QED) is 0.446. The van der Waals surface area contributed by atoms with Crippen molar-refractivity contribution in [2.75, 3.05) is 7.05 Å². The highest BCUT2D eigenvalue weighted by atomic mass is 16.2. The average Bonchev–Trinajstić information content (AvgIpc) is 3.43. The number of pyridine rings is 1. The van der Waals surface area contributed by atoms with Crippen LogP contribution in [0.1, 0.15) is 42.5 Å². The number of imidazole rings is 2. The molecule has 0 aliphatic carbocycles. The first-order valence-electron chi connectivity index (χ1n) is 11.3. The zero-order valence-corrected chi connectivity index (χ0v) is 19.8. The molecule has 3 aromatic heterocycles. The van der Waals surface area contributed by atoms with Crippen molar-refractivity contribution in [3.8, 4) is 0 Å². The van der Waals surface area contributed by atoms with Crippen molar-refractivity contribution in [1.29, 1.82) is 0 Å². The summed E-state index contributed by atoms with van der Waals surface area (Å²) in [6.45, 7) is 8.51. The monoisotopic (exact) mass is 444 g/mol. The van der Waals surface area contributed by atoms with Gasteiger partial charge in [-0.05, 0) is 23.1 Å². The molecule has 0 aliphatic heterocycles. The van der Waals surface area contributed by atoms with Gasteiger partial charge in [-0.2, -0.15) is 0 Å². The third-order valence-electron chi connectivity index (χ3n) is 5.95. The molecule has 0 saturated carbocycles. The maximum Gasteiger partial charge on any atom is 0.274 e. The Bertz CT molecular complexity index is 1190. The molecular formula is C26H32N6O. The van der Waals surface area contributed by atoms with E-state index < -0.39 is 0 Å². The SMILES string of the molecule is CN(Cc1ccccc1)C(=O)c1nc2ccccn2c1CN[C@@H](Cn1ccnc1)C(C)(C)C. The molecule has 1 N–H and O–H groups in total. The Morgan fingerprint density at radius 3 is 2.55 bits per heavy atom. The van der Waals surface area contributed by atoms with E-state index in [4.69, 9.17) is 4.98 Å². The van der Waals surface area contributed by atoms with Gasteiger partial charge >= 0.3 is 0 Å². The first-order valence-corrected chi connectivity index (χ1v) is 11.3. The van der Waals surface area contributed by atoms with Crippen LogP contribution in [0.25, 0.3) is 5.65 Å². The number of benzene rings is 1. The van der Waals surface area contributed by atoms with Crippen molar-refractivity contribution < 1.29 is 4.79 Å². The molecule has 172 valence electrons. The average molecular weight is 445 g/mol. The normalized spacial score (nSPS) is 12.7. The van der Waals surface area contributed by atoms with Crippen molar-refractivity contribution in [3.63, 3.8) is 0 Å². The number of hydrogen-bond donors (Lipinski definition) is 1. The van der Waals surface area contributed by atoms with Crippen LogP contribution in [0.2, 0.25) is 0 Å². The highest BCUT2D eigenvalue weighted by Gasteiger charge is 2.27. The molecule has 1 atom stereocenters. The summed E-state index contributed by atoms with van der Waals surface area (Å²) < 4.78 is 4.09. The van der Waals surface area contributed by atoms with Gasteiger partial charge in [0.15, 0.2) is 5.69 Å². The zero-order chi connectivity index (χ0) is 23.4. The molecule has 0 saturated heterocycles. The molecule has 7 nitrogen and oxygen atoms in total. The molecule has 0 radical (unpaired) electrons. The molecule has 3 heterocycles. The molecule has 1 aromatic carbocycles. The second-order valence-electron chi connectivity index (χ2n) is 9.54. The van der Waals surface area contributed by atoms with E-state index in [0.29, 0.717) is 18.8 Å². The number of rotatable bonds is 8. The van der Waals surface area contributed by atoms with E-state index in [-0.39, 0.29) is 17.4 Å². The summed E-state index contributed by atoms with van der Waals surface area (Å²) in [4.78, 5) is 24.1.